The second-order valence-corrected chi connectivity index (χ2v) is 11.4. The van der Waals surface area contributed by atoms with Crippen LogP contribution in [0.25, 0.3) is 22.3 Å². The number of hydrogen-bond acceptors (Lipinski definition) is 7. The zero-order valence-electron chi connectivity index (χ0n) is 24.8. The number of piperidine rings is 1. The molecule has 1 atom stereocenters. The summed E-state index contributed by atoms with van der Waals surface area (Å²) in [4.78, 5) is 37.0. The third-order valence-electron chi connectivity index (χ3n) is 8.18. The van der Waals surface area contributed by atoms with Gasteiger partial charge in [0.05, 0.1) is 35.1 Å². The smallest absolute Gasteiger partial charge is 0.258 e. The molecular formula is C32H38N8O3. The highest BCUT2D eigenvalue weighted by Gasteiger charge is 2.23. The highest BCUT2D eigenvalue weighted by molar-refractivity contribution is 6.04. The number of ether oxygens (including phenoxy) is 1. The number of carbonyl (C=O) groups is 2. The van der Waals surface area contributed by atoms with Crippen LogP contribution in [-0.4, -0.2) is 66.8 Å². The van der Waals surface area contributed by atoms with Crippen molar-refractivity contribution in [1.29, 1.82) is 0 Å². The van der Waals surface area contributed by atoms with Gasteiger partial charge in [0.1, 0.15) is 0 Å². The highest BCUT2D eigenvalue weighted by Crippen LogP contribution is 2.30. The van der Waals surface area contributed by atoms with E-state index in [0.29, 0.717) is 49.3 Å². The van der Waals surface area contributed by atoms with E-state index in [9.17, 15) is 9.59 Å². The molecule has 2 aliphatic rings. The van der Waals surface area contributed by atoms with Gasteiger partial charge in [0.15, 0.2) is 0 Å². The van der Waals surface area contributed by atoms with E-state index in [2.05, 4.69) is 44.0 Å². The fourth-order valence-electron chi connectivity index (χ4n) is 5.94. The topological polar surface area (TPSA) is 119 Å². The molecule has 2 amide bonds. The normalized spacial score (nSPS) is 17.7. The van der Waals surface area contributed by atoms with Gasteiger partial charge in [-0.2, -0.15) is 5.10 Å². The monoisotopic (exact) mass is 582 g/mol. The SMILES string of the molecule is C=CC(=O)N1CCC[C@H](NCc2ccc3nc4n(c3c2)CCCCCOc2c(cnn2C)-c2cc(cc(C)n2)C(=O)N4)C1. The maximum atomic E-state index is 13.6. The van der Waals surface area contributed by atoms with Crippen LogP contribution in [0.15, 0.2) is 49.2 Å². The molecule has 2 N–H and O–H groups in total. The first-order chi connectivity index (χ1) is 20.9. The quantitative estimate of drug-likeness (QED) is 0.346. The molecule has 1 saturated heterocycles. The maximum absolute atomic E-state index is 13.6. The van der Waals surface area contributed by atoms with Crippen molar-refractivity contribution in [2.75, 3.05) is 25.0 Å². The molecule has 1 fully saturated rings. The van der Waals surface area contributed by atoms with Gasteiger partial charge in [0.25, 0.3) is 5.91 Å². The van der Waals surface area contributed by atoms with Crippen LogP contribution in [0.2, 0.25) is 0 Å². The van der Waals surface area contributed by atoms with Crippen molar-refractivity contribution in [3.63, 3.8) is 0 Å². The fraction of sp³-hybridized carbons (Fsp3) is 0.406. The molecular weight excluding hydrogens is 544 g/mol. The van der Waals surface area contributed by atoms with Crippen molar-refractivity contribution in [1.82, 2.24) is 34.5 Å². The van der Waals surface area contributed by atoms with Crippen molar-refractivity contribution >= 4 is 28.8 Å². The fourth-order valence-corrected chi connectivity index (χ4v) is 5.94. The summed E-state index contributed by atoms with van der Waals surface area (Å²) in [7, 11) is 1.85. The lowest BCUT2D eigenvalue weighted by Gasteiger charge is -2.32. The minimum Gasteiger partial charge on any atom is -0.477 e. The van der Waals surface area contributed by atoms with Crippen LogP contribution in [0.5, 0.6) is 5.88 Å². The van der Waals surface area contributed by atoms with Crippen LogP contribution >= 0.6 is 0 Å². The van der Waals surface area contributed by atoms with E-state index in [4.69, 9.17) is 9.72 Å². The average Bonchev–Trinajstić information content (AvgIpc) is 3.55. The summed E-state index contributed by atoms with van der Waals surface area (Å²) in [5.41, 5.74) is 5.55. The Bertz CT molecular complexity index is 1670. The first kappa shape index (κ1) is 28.6. The van der Waals surface area contributed by atoms with Gasteiger partial charge >= 0.3 is 0 Å². The van der Waals surface area contributed by atoms with Gasteiger partial charge in [-0.15, -0.1) is 0 Å². The Balaban J connectivity index is 1.27. The number of benzene rings is 1. The number of pyridine rings is 1. The van der Waals surface area contributed by atoms with Crippen LogP contribution < -0.4 is 15.4 Å². The molecule has 0 unspecified atom stereocenters. The molecule has 4 aromatic rings. The number of rotatable bonds is 4. The van der Waals surface area contributed by atoms with Crippen LogP contribution in [0, 0.1) is 6.92 Å². The third kappa shape index (κ3) is 6.17. The van der Waals surface area contributed by atoms with Gasteiger partial charge < -0.3 is 19.5 Å². The van der Waals surface area contributed by atoms with Crippen molar-refractivity contribution < 1.29 is 14.3 Å². The predicted molar refractivity (Wildman–Crippen MR) is 165 cm³/mol. The molecule has 1 aromatic carbocycles. The van der Waals surface area contributed by atoms with E-state index in [1.54, 1.807) is 23.0 Å². The summed E-state index contributed by atoms with van der Waals surface area (Å²) in [6.07, 6.45) is 7.86. The van der Waals surface area contributed by atoms with Crippen molar-refractivity contribution in [3.05, 3.63) is 66.0 Å². The van der Waals surface area contributed by atoms with E-state index < -0.39 is 0 Å². The molecule has 3 aromatic heterocycles. The minimum absolute atomic E-state index is 0.0146. The predicted octanol–water partition coefficient (Wildman–Crippen LogP) is 4.22. The van der Waals surface area contributed by atoms with E-state index >= 15 is 0 Å². The van der Waals surface area contributed by atoms with Gasteiger partial charge in [-0.1, -0.05) is 12.6 Å². The molecule has 11 heteroatoms. The van der Waals surface area contributed by atoms with Crippen LogP contribution in [0.1, 0.15) is 53.7 Å². The van der Waals surface area contributed by atoms with Crippen molar-refractivity contribution in [2.45, 2.75) is 58.2 Å². The molecule has 11 nitrogen and oxygen atoms in total. The third-order valence-corrected chi connectivity index (χ3v) is 8.18. The first-order valence-electron chi connectivity index (χ1n) is 15.0. The minimum atomic E-state index is -0.248. The second kappa shape index (κ2) is 12.4. The number of likely N-dealkylation sites (tertiary alicyclic amines) is 1. The number of imidazole rings is 1. The summed E-state index contributed by atoms with van der Waals surface area (Å²) in [5, 5.41) is 11.1. The lowest BCUT2D eigenvalue weighted by atomic mass is 10.0. The lowest BCUT2D eigenvalue weighted by Crippen LogP contribution is -2.47. The molecule has 43 heavy (non-hydrogen) atoms. The van der Waals surface area contributed by atoms with Crippen molar-refractivity contribution in [3.8, 4) is 17.1 Å². The summed E-state index contributed by atoms with van der Waals surface area (Å²) in [6.45, 7) is 8.91. The zero-order valence-corrected chi connectivity index (χ0v) is 24.8. The molecule has 0 radical (unpaired) electrons. The first-order valence-corrected chi connectivity index (χ1v) is 15.0. The second-order valence-electron chi connectivity index (χ2n) is 11.4. The van der Waals surface area contributed by atoms with E-state index in [0.717, 1.165) is 66.5 Å². The van der Waals surface area contributed by atoms with E-state index in [1.165, 1.54) is 6.08 Å². The maximum Gasteiger partial charge on any atom is 0.258 e. The molecule has 6 rings (SSSR count). The van der Waals surface area contributed by atoms with Gasteiger partial charge in [0.2, 0.25) is 17.7 Å². The summed E-state index contributed by atoms with van der Waals surface area (Å²) in [6, 6.07) is 10.0. The number of nitrogens with one attached hydrogen (secondary N) is 2. The Labute approximate surface area is 250 Å². The van der Waals surface area contributed by atoms with Crippen LogP contribution in [-0.2, 0) is 24.9 Å². The molecule has 0 saturated carbocycles. The number of fused-ring (bicyclic) bond motifs is 7. The Kier molecular flexibility index (Phi) is 8.24. The molecule has 0 spiro atoms. The van der Waals surface area contributed by atoms with Gasteiger partial charge in [-0.3, -0.25) is 19.9 Å². The van der Waals surface area contributed by atoms with Gasteiger partial charge in [-0.25, -0.2) is 9.67 Å². The number of nitrogens with zero attached hydrogens (tertiary/aromatic N) is 6. The van der Waals surface area contributed by atoms with Crippen molar-refractivity contribution in [2.24, 2.45) is 7.05 Å². The van der Waals surface area contributed by atoms with E-state index in [-0.39, 0.29) is 17.9 Å². The number of anilines is 1. The number of aryl methyl sites for hydroxylation is 3. The van der Waals surface area contributed by atoms with Gasteiger partial charge in [0, 0.05) is 50.5 Å². The number of aromatic nitrogens is 5. The largest absolute Gasteiger partial charge is 0.477 e. The molecule has 2 aliphatic heterocycles. The Hall–Kier alpha value is -4.51. The summed E-state index contributed by atoms with van der Waals surface area (Å²) in [5.74, 6) is 0.912. The average molecular weight is 583 g/mol. The number of hydrogen-bond donors (Lipinski definition) is 2. The standard InChI is InChI=1S/C32H38N8O3/c1-4-29(41)39-12-8-9-24(20-39)33-18-22-10-11-26-28(16-22)40-13-6-5-7-14-43-31-25(19-34-38(31)3)27-17-23(15-21(2)35-27)30(42)37-32(40)36-26/h4,10-11,15-17,19,24,33H,1,5-9,12-14,18,20H2,2-3H3,(H,36,37,42)/t24-/m0/s1. The van der Waals surface area contributed by atoms with E-state index in [1.807, 2.05) is 24.9 Å². The molecule has 5 heterocycles. The molecule has 224 valence electrons. The molecule has 0 aliphatic carbocycles. The zero-order chi connectivity index (χ0) is 29.9. The summed E-state index contributed by atoms with van der Waals surface area (Å²) < 4.78 is 9.96. The van der Waals surface area contributed by atoms with Crippen LogP contribution in [0.4, 0.5) is 5.95 Å². The van der Waals surface area contributed by atoms with Crippen LogP contribution in [0.3, 0.4) is 0 Å². The summed E-state index contributed by atoms with van der Waals surface area (Å²) >= 11 is 0. The Morgan fingerprint density at radius 1 is 1.16 bits per heavy atom. The Morgan fingerprint density at radius 2 is 2.05 bits per heavy atom. The molecule has 2 bridgehead atoms. The highest BCUT2D eigenvalue weighted by atomic mass is 16.5. The number of amides is 2. The Morgan fingerprint density at radius 3 is 2.91 bits per heavy atom. The van der Waals surface area contributed by atoms with Gasteiger partial charge in [-0.05, 0) is 74.9 Å². The lowest BCUT2D eigenvalue weighted by molar-refractivity contribution is -0.127. The number of carbonyl (C=O) groups excluding carboxylic acids is 2.